The molecule has 47 heavy (non-hydrogen) atoms. The van der Waals surface area contributed by atoms with Gasteiger partial charge in [-0.2, -0.15) is 0 Å². The number of hydrogen-bond donors (Lipinski definition) is 0. The van der Waals surface area contributed by atoms with Gasteiger partial charge in [0.25, 0.3) is 0 Å². The van der Waals surface area contributed by atoms with Crippen LogP contribution >= 0.6 is 11.6 Å². The summed E-state index contributed by atoms with van der Waals surface area (Å²) in [7, 11) is 62.7. The van der Waals surface area contributed by atoms with E-state index in [2.05, 4.69) is 29.2 Å². The summed E-state index contributed by atoms with van der Waals surface area (Å²) in [5, 5.41) is 6.43. The van der Waals surface area contributed by atoms with Crippen LogP contribution in [0.15, 0.2) is 60.7 Å². The zero-order valence-electron chi connectivity index (χ0n) is 24.8. The van der Waals surface area contributed by atoms with Gasteiger partial charge in [-0.3, -0.25) is 0 Å². The van der Waals surface area contributed by atoms with E-state index in [9.17, 15) is 0 Å². The van der Waals surface area contributed by atoms with Crippen molar-refractivity contribution in [3.05, 3.63) is 65.7 Å². The Labute approximate surface area is 290 Å². The Kier molecular flexibility index (Phi) is 7.83. The third-order valence-electron chi connectivity index (χ3n) is 8.55. The molecule has 1 aromatic heterocycles. The average Bonchev–Trinajstić information content (AvgIpc) is 3.08. The molecule has 14 heteroatoms. The van der Waals surface area contributed by atoms with E-state index in [-0.39, 0.29) is 83.2 Å². The van der Waals surface area contributed by atoms with Crippen molar-refractivity contribution >= 4 is 177 Å². The number of benzene rings is 6. The number of fused-ring (bicyclic) bond motifs is 6. The largest absolute Gasteiger partial charge is 0.208 e. The molecule has 0 saturated carbocycles. The smallest absolute Gasteiger partial charge is 0.165 e. The highest BCUT2D eigenvalue weighted by atomic mass is 35.5. The van der Waals surface area contributed by atoms with Crippen molar-refractivity contribution < 1.29 is 0 Å². The molecule has 20 radical (unpaired) electrons. The van der Waals surface area contributed by atoms with Gasteiger partial charge >= 0.3 is 0 Å². The van der Waals surface area contributed by atoms with Gasteiger partial charge in [-0.05, 0) is 44.5 Å². The summed E-state index contributed by atoms with van der Waals surface area (Å²) in [5.74, 6) is 0.117. The van der Waals surface area contributed by atoms with Crippen molar-refractivity contribution in [1.29, 1.82) is 0 Å². The second-order valence-corrected chi connectivity index (χ2v) is 11.6. The molecular weight excluding hydrogens is 582 g/mol. The Morgan fingerprint density at radius 1 is 0.362 bits per heavy atom. The highest BCUT2D eigenvalue weighted by Gasteiger charge is 2.22. The van der Waals surface area contributed by atoms with Crippen molar-refractivity contribution in [2.24, 2.45) is 0 Å². The van der Waals surface area contributed by atoms with Gasteiger partial charge in [0.15, 0.2) is 17.5 Å². The van der Waals surface area contributed by atoms with Gasteiger partial charge in [-0.1, -0.05) is 82.0 Å². The molecule has 0 aliphatic rings. The monoisotopic (exact) mass is 593 g/mol. The first-order chi connectivity index (χ1) is 22.4. The number of halogens is 1. The fraction of sp³-hybridized carbons (Fsp3) is 0. The van der Waals surface area contributed by atoms with E-state index in [0.717, 1.165) is 32.3 Å². The van der Waals surface area contributed by atoms with Gasteiger partial charge in [0.05, 0.1) is 5.02 Å². The Balaban J connectivity index is 1.61. The molecule has 3 nitrogen and oxygen atoms in total. The summed E-state index contributed by atoms with van der Waals surface area (Å²) in [5.41, 5.74) is 0.865. The van der Waals surface area contributed by atoms with Crippen molar-refractivity contribution in [3.8, 4) is 34.2 Å². The Bertz CT molecular complexity index is 2360. The minimum absolute atomic E-state index is 0.00861. The second kappa shape index (κ2) is 11.6. The van der Waals surface area contributed by atoms with Crippen LogP contribution in [0.1, 0.15) is 0 Å². The van der Waals surface area contributed by atoms with E-state index in [1.54, 1.807) is 0 Å². The lowest BCUT2D eigenvalue weighted by molar-refractivity contribution is 1.08. The molecule has 0 aliphatic carbocycles. The third kappa shape index (κ3) is 4.84. The van der Waals surface area contributed by atoms with E-state index < -0.39 is 0 Å². The number of hydrogen-bond acceptors (Lipinski definition) is 3. The van der Waals surface area contributed by atoms with Crippen LogP contribution in [0.25, 0.3) is 66.5 Å². The second-order valence-electron chi connectivity index (χ2n) is 11.2. The molecule has 0 amide bonds. The van der Waals surface area contributed by atoms with Crippen LogP contribution in [0.5, 0.6) is 0 Å². The molecule has 0 unspecified atom stereocenters. The van der Waals surface area contributed by atoms with Crippen molar-refractivity contribution in [3.63, 3.8) is 0 Å². The van der Waals surface area contributed by atoms with E-state index in [4.69, 9.17) is 100 Å². The SMILES string of the molecule is [B]c1c([B])c([B])c(-c2nc(-c3cc4c5ccccc5c5ccccc5c4cc3Cl)nc(-c3c([B])c([B])c([B])c([B])c3[B])n2)c([B])c1[B]. The van der Waals surface area contributed by atoms with Gasteiger partial charge in [-0.25, -0.2) is 15.0 Å². The summed E-state index contributed by atoms with van der Waals surface area (Å²) in [6.07, 6.45) is 0. The molecule has 1 heterocycles. The van der Waals surface area contributed by atoms with E-state index in [1.165, 1.54) is 0 Å². The van der Waals surface area contributed by atoms with Gasteiger partial charge in [0.2, 0.25) is 0 Å². The van der Waals surface area contributed by atoms with Gasteiger partial charge in [-0.15, -0.1) is 32.8 Å². The minimum Gasteiger partial charge on any atom is -0.208 e. The zero-order valence-corrected chi connectivity index (χ0v) is 25.5. The standard InChI is InChI=1S/C33H10B10ClN3/c34-21-19(22(35)26(39)29(42)25(21)38)32-45-31(46-33(47-32)20-23(36)27(40)30(43)28(41)24(20)37)17-9-15-13-7-3-1-5-11(13)12-6-2-4-8-14(12)16(15)10-18(17)44/h1-10H. The topological polar surface area (TPSA) is 38.7 Å². The molecule has 7 rings (SSSR count). The molecule has 0 aliphatic heterocycles. The molecule has 0 spiro atoms. The maximum Gasteiger partial charge on any atom is 0.165 e. The van der Waals surface area contributed by atoms with Gasteiger partial charge in [0.1, 0.15) is 78.5 Å². The first kappa shape index (κ1) is 31.6. The van der Waals surface area contributed by atoms with Crippen molar-refractivity contribution in [2.75, 3.05) is 0 Å². The Morgan fingerprint density at radius 3 is 1.04 bits per heavy atom. The fourth-order valence-corrected chi connectivity index (χ4v) is 6.25. The molecule has 6 aromatic carbocycles. The Hall–Kier alpha value is -3.95. The van der Waals surface area contributed by atoms with Crippen LogP contribution in [-0.4, -0.2) is 93.4 Å². The predicted octanol–water partition coefficient (Wildman–Crippen LogP) is -3.08. The van der Waals surface area contributed by atoms with E-state index >= 15 is 0 Å². The molecule has 0 saturated heterocycles. The molecule has 0 fully saturated rings. The first-order valence-corrected chi connectivity index (χ1v) is 14.6. The molecule has 0 N–H and O–H groups in total. The lowest BCUT2D eigenvalue weighted by Crippen LogP contribution is -2.55. The normalized spacial score (nSPS) is 11.5. The van der Waals surface area contributed by atoms with Crippen LogP contribution in [0, 0.1) is 0 Å². The van der Waals surface area contributed by atoms with Crippen LogP contribution in [-0.2, 0) is 0 Å². The van der Waals surface area contributed by atoms with Crippen molar-refractivity contribution in [2.45, 2.75) is 0 Å². The van der Waals surface area contributed by atoms with Crippen LogP contribution < -0.4 is 54.6 Å². The average molecular weight is 592 g/mol. The molecule has 194 valence electrons. The highest BCUT2D eigenvalue weighted by Crippen LogP contribution is 2.39. The van der Waals surface area contributed by atoms with Crippen molar-refractivity contribution in [1.82, 2.24) is 15.0 Å². The van der Waals surface area contributed by atoms with Gasteiger partial charge in [0, 0.05) is 16.7 Å². The number of rotatable bonds is 3. The summed E-state index contributed by atoms with van der Waals surface area (Å²) >= 11 is 7.04. The maximum absolute atomic E-state index is 7.04. The summed E-state index contributed by atoms with van der Waals surface area (Å²) in [6.45, 7) is 0. The number of aromatic nitrogens is 3. The van der Waals surface area contributed by atoms with E-state index in [1.807, 2.05) is 36.4 Å². The van der Waals surface area contributed by atoms with Crippen LogP contribution in [0.4, 0.5) is 0 Å². The molecule has 0 atom stereocenters. The summed E-state index contributed by atoms with van der Waals surface area (Å²) in [6, 6.07) is 20.0. The molecule has 0 bridgehead atoms. The quantitative estimate of drug-likeness (QED) is 0.162. The third-order valence-corrected chi connectivity index (χ3v) is 8.87. The lowest BCUT2D eigenvalue weighted by atomic mass is 9.60. The summed E-state index contributed by atoms with van der Waals surface area (Å²) < 4.78 is 0. The van der Waals surface area contributed by atoms with E-state index in [0.29, 0.717) is 10.6 Å². The number of nitrogens with zero attached hydrogens (tertiary/aromatic N) is 3. The highest BCUT2D eigenvalue weighted by molar-refractivity contribution is 6.70. The van der Waals surface area contributed by atoms with Gasteiger partial charge < -0.3 is 0 Å². The molecular formula is C33H10B10ClN3. The summed E-state index contributed by atoms with van der Waals surface area (Å²) in [4.78, 5) is 14.2. The fourth-order valence-electron chi connectivity index (χ4n) is 6.00. The zero-order chi connectivity index (χ0) is 33.5. The molecule has 7 aromatic rings. The van der Waals surface area contributed by atoms with Crippen LogP contribution in [0.3, 0.4) is 0 Å². The van der Waals surface area contributed by atoms with Crippen LogP contribution in [0.2, 0.25) is 5.02 Å². The lowest BCUT2D eigenvalue weighted by Gasteiger charge is -2.23. The Morgan fingerprint density at radius 2 is 0.660 bits per heavy atom. The maximum atomic E-state index is 7.04. The predicted molar refractivity (Wildman–Crippen MR) is 208 cm³/mol. The first-order valence-electron chi connectivity index (χ1n) is 14.2. The minimum atomic E-state index is -0.00861.